The molecule has 0 saturated heterocycles. The van der Waals surface area contributed by atoms with Gasteiger partial charge in [0.05, 0.1) is 22.4 Å². The Hall–Kier alpha value is -5.22. The van der Waals surface area contributed by atoms with Crippen molar-refractivity contribution in [3.05, 3.63) is 127 Å². The number of hydrogen-bond acceptors (Lipinski definition) is 2. The minimum atomic E-state index is 0.838. The Kier molecular flexibility index (Phi) is 5.45. The third-order valence-electron chi connectivity index (χ3n) is 7.35. The molecule has 0 spiro atoms. The van der Waals surface area contributed by atoms with Crippen molar-refractivity contribution in [2.75, 3.05) is 0 Å². The summed E-state index contributed by atoms with van der Waals surface area (Å²) in [7, 11) is 0. The number of benzene rings is 3. The molecule has 186 valence electrons. The van der Waals surface area contributed by atoms with Crippen molar-refractivity contribution in [3.8, 4) is 28.2 Å². The lowest BCUT2D eigenvalue weighted by molar-refractivity contribution is 1.10. The van der Waals surface area contributed by atoms with Crippen molar-refractivity contribution in [1.82, 2.24) is 19.5 Å². The van der Waals surface area contributed by atoms with Crippen molar-refractivity contribution in [2.24, 2.45) is 0 Å². The molecule has 0 amide bonds. The maximum absolute atomic E-state index is 4.74. The minimum absolute atomic E-state index is 0.838. The van der Waals surface area contributed by atoms with Crippen LogP contribution in [0.2, 0.25) is 0 Å². The fraction of sp³-hybridized carbons (Fsp3) is 0.0286. The summed E-state index contributed by atoms with van der Waals surface area (Å²) in [6.45, 7) is 6.21. The molecule has 1 N–H and O–H groups in total. The lowest BCUT2D eigenvalue weighted by atomic mass is 10.0. The van der Waals surface area contributed by atoms with Gasteiger partial charge in [0.15, 0.2) is 0 Å². The molecule has 4 nitrogen and oxygen atoms in total. The molecular formula is C35H26N4. The zero-order valence-corrected chi connectivity index (χ0v) is 21.6. The first-order chi connectivity index (χ1) is 19.3. The highest BCUT2D eigenvalue weighted by Crippen LogP contribution is 2.36. The average Bonchev–Trinajstić information content (AvgIpc) is 3.52. The van der Waals surface area contributed by atoms with Crippen molar-refractivity contribution in [2.45, 2.75) is 6.92 Å². The maximum Gasteiger partial charge on any atom is 0.113 e. The highest BCUT2D eigenvalue weighted by Gasteiger charge is 2.17. The third-order valence-corrected chi connectivity index (χ3v) is 7.35. The number of H-pyrrole nitrogens is 1. The molecule has 0 aliphatic carbocycles. The van der Waals surface area contributed by atoms with Gasteiger partial charge in [-0.3, -0.25) is 9.97 Å². The average molecular weight is 503 g/mol. The second-order valence-electron chi connectivity index (χ2n) is 9.59. The second-order valence-corrected chi connectivity index (χ2v) is 9.59. The first-order valence-corrected chi connectivity index (χ1v) is 13.1. The molecule has 4 heteroatoms. The van der Waals surface area contributed by atoms with E-state index in [-0.39, 0.29) is 0 Å². The highest BCUT2D eigenvalue weighted by molar-refractivity contribution is 6.10. The van der Waals surface area contributed by atoms with Crippen LogP contribution in [0.1, 0.15) is 18.2 Å². The molecule has 0 fully saturated rings. The van der Waals surface area contributed by atoms with Gasteiger partial charge < -0.3 is 9.55 Å². The molecule has 7 rings (SSSR count). The molecule has 0 bridgehead atoms. The molecule has 4 aromatic heterocycles. The van der Waals surface area contributed by atoms with E-state index in [1.807, 2.05) is 37.5 Å². The van der Waals surface area contributed by atoms with E-state index in [1.54, 1.807) is 0 Å². The molecule has 0 aliphatic rings. The Balaban J connectivity index is 1.40. The summed E-state index contributed by atoms with van der Waals surface area (Å²) in [5.41, 5.74) is 10.5. The number of para-hydroxylation sites is 2. The van der Waals surface area contributed by atoms with Gasteiger partial charge in [-0.05, 0) is 72.7 Å². The zero-order valence-electron chi connectivity index (χ0n) is 21.6. The zero-order chi connectivity index (χ0) is 26.3. The summed E-state index contributed by atoms with van der Waals surface area (Å²) in [5.74, 6) is 0. The van der Waals surface area contributed by atoms with Crippen molar-refractivity contribution in [3.63, 3.8) is 0 Å². The second kappa shape index (κ2) is 9.26. The molecule has 0 aliphatic heterocycles. The van der Waals surface area contributed by atoms with Crippen LogP contribution in [0.25, 0.3) is 73.1 Å². The van der Waals surface area contributed by atoms with Crippen LogP contribution in [0.5, 0.6) is 0 Å². The van der Waals surface area contributed by atoms with E-state index >= 15 is 0 Å². The van der Waals surface area contributed by atoms with Crippen molar-refractivity contribution < 1.29 is 0 Å². The predicted molar refractivity (Wildman–Crippen MR) is 164 cm³/mol. The van der Waals surface area contributed by atoms with E-state index in [0.717, 1.165) is 66.8 Å². The number of rotatable bonds is 5. The Morgan fingerprint density at radius 3 is 2.41 bits per heavy atom. The van der Waals surface area contributed by atoms with E-state index < -0.39 is 0 Å². The summed E-state index contributed by atoms with van der Waals surface area (Å²) in [6.07, 6.45) is 9.92. The molecule has 39 heavy (non-hydrogen) atoms. The van der Waals surface area contributed by atoms with Crippen LogP contribution in [0, 0.1) is 0 Å². The van der Waals surface area contributed by atoms with E-state index in [1.165, 1.54) is 5.39 Å². The Labute approximate surface area is 226 Å². The fourth-order valence-electron chi connectivity index (χ4n) is 5.61. The number of allylic oxidation sites excluding steroid dienone is 1. The topological polar surface area (TPSA) is 46.5 Å². The monoisotopic (exact) mass is 502 g/mol. The van der Waals surface area contributed by atoms with Gasteiger partial charge in [-0.25, -0.2) is 0 Å². The van der Waals surface area contributed by atoms with Gasteiger partial charge in [-0.1, -0.05) is 61.2 Å². The van der Waals surface area contributed by atoms with Crippen molar-refractivity contribution >= 4 is 44.9 Å². The quantitative estimate of drug-likeness (QED) is 0.255. The molecule has 0 saturated carbocycles. The number of fused-ring (bicyclic) bond motifs is 4. The molecule has 0 unspecified atom stereocenters. The number of aromatic amines is 1. The Morgan fingerprint density at radius 2 is 1.56 bits per heavy atom. The molecule has 0 atom stereocenters. The van der Waals surface area contributed by atoms with Gasteiger partial charge in [0.2, 0.25) is 0 Å². The first-order valence-electron chi connectivity index (χ1n) is 13.1. The number of aromatic nitrogens is 4. The molecule has 0 radical (unpaired) electrons. The number of hydrogen-bond donors (Lipinski definition) is 1. The van der Waals surface area contributed by atoms with Crippen LogP contribution in [0.15, 0.2) is 116 Å². The summed E-state index contributed by atoms with van der Waals surface area (Å²) in [4.78, 5) is 13.0. The maximum atomic E-state index is 4.74. The summed E-state index contributed by atoms with van der Waals surface area (Å²) >= 11 is 0. The molecular weight excluding hydrogens is 476 g/mol. The third kappa shape index (κ3) is 3.69. The molecule has 3 aromatic carbocycles. The van der Waals surface area contributed by atoms with Crippen LogP contribution in [-0.2, 0) is 0 Å². The van der Waals surface area contributed by atoms with Crippen molar-refractivity contribution in [1.29, 1.82) is 0 Å². The molecule has 7 aromatic rings. The minimum Gasteiger partial charge on any atom is -0.353 e. The normalized spacial score (nSPS) is 11.7. The van der Waals surface area contributed by atoms with Gasteiger partial charge in [0.1, 0.15) is 5.69 Å². The number of pyridine rings is 2. The smallest absolute Gasteiger partial charge is 0.113 e. The van der Waals surface area contributed by atoms with Crippen LogP contribution in [0.4, 0.5) is 0 Å². The summed E-state index contributed by atoms with van der Waals surface area (Å²) in [5, 5.41) is 3.50. The van der Waals surface area contributed by atoms with E-state index in [2.05, 4.69) is 107 Å². The van der Waals surface area contributed by atoms with Gasteiger partial charge >= 0.3 is 0 Å². The number of nitrogens with zero attached hydrogens (tertiary/aromatic N) is 3. The van der Waals surface area contributed by atoms with Gasteiger partial charge in [0.25, 0.3) is 0 Å². The van der Waals surface area contributed by atoms with Gasteiger partial charge in [-0.15, -0.1) is 0 Å². The van der Waals surface area contributed by atoms with Gasteiger partial charge in [-0.2, -0.15) is 0 Å². The summed E-state index contributed by atoms with van der Waals surface area (Å²) < 4.78 is 2.30. The predicted octanol–water partition coefficient (Wildman–Crippen LogP) is 9.07. The standard InChI is InChI=1S/C35H26N4/c1-3-10-32-26(4-2)29-21-23(15-16-33(29)39(32)25-11-6-5-7-12-25)24-17-19-36-31(22-24)35-34-28(18-20-37-35)27-13-8-9-14-30(27)38-34/h3-22,38H,2H2,1H3/b10-3-. The van der Waals surface area contributed by atoms with Crippen LogP contribution >= 0.6 is 0 Å². The van der Waals surface area contributed by atoms with Crippen LogP contribution in [0.3, 0.4) is 0 Å². The first kappa shape index (κ1) is 22.9. The van der Waals surface area contributed by atoms with Gasteiger partial charge in [0, 0.05) is 45.3 Å². The fourth-order valence-corrected chi connectivity index (χ4v) is 5.61. The summed E-state index contributed by atoms with van der Waals surface area (Å²) in [6, 6.07) is 31.7. The van der Waals surface area contributed by atoms with E-state index in [4.69, 9.17) is 9.97 Å². The Bertz CT molecular complexity index is 2040. The van der Waals surface area contributed by atoms with E-state index in [9.17, 15) is 0 Å². The van der Waals surface area contributed by atoms with Crippen LogP contribution in [-0.4, -0.2) is 19.5 Å². The SMILES string of the molecule is C=Cc1c(/C=C\C)n(-c2ccccc2)c2ccc(-c3ccnc(-c4nccc5c4[nH]c4ccccc45)c3)cc12. The molecule has 4 heterocycles. The van der Waals surface area contributed by atoms with Crippen LogP contribution < -0.4 is 0 Å². The van der Waals surface area contributed by atoms with E-state index in [0.29, 0.717) is 0 Å². The highest BCUT2D eigenvalue weighted by atomic mass is 15.0. The Morgan fingerprint density at radius 1 is 0.769 bits per heavy atom. The lowest BCUT2D eigenvalue weighted by Crippen LogP contribution is -1.96. The lowest BCUT2D eigenvalue weighted by Gasteiger charge is -2.10. The number of nitrogens with one attached hydrogen (secondary N) is 1. The largest absolute Gasteiger partial charge is 0.353 e.